The molecule has 0 aliphatic heterocycles. The van der Waals surface area contributed by atoms with Gasteiger partial charge in [0.15, 0.2) is 0 Å². The smallest absolute Gasteiger partial charge is 0.229 e. The molecule has 1 N–H and O–H groups in total. The van der Waals surface area contributed by atoms with Crippen LogP contribution in [0.15, 0.2) is 60.8 Å². The maximum absolute atomic E-state index is 5.40. The Hall–Kier alpha value is -3.28. The third kappa shape index (κ3) is 3.85. The van der Waals surface area contributed by atoms with E-state index in [9.17, 15) is 0 Å². The summed E-state index contributed by atoms with van der Waals surface area (Å²) in [5.41, 5.74) is 1.82. The van der Waals surface area contributed by atoms with E-state index < -0.39 is 0 Å². The number of benzene rings is 2. The second kappa shape index (κ2) is 8.20. The molecule has 6 nitrogen and oxygen atoms in total. The highest BCUT2D eigenvalue weighted by molar-refractivity contribution is 5.66. The first-order valence-corrected chi connectivity index (χ1v) is 8.40. The van der Waals surface area contributed by atoms with Crippen LogP contribution < -0.4 is 19.7 Å². The van der Waals surface area contributed by atoms with Gasteiger partial charge >= 0.3 is 0 Å². The molecule has 0 aliphatic carbocycles. The van der Waals surface area contributed by atoms with Crippen LogP contribution in [0.5, 0.6) is 11.5 Å². The molecule has 0 saturated carbocycles. The molecule has 0 saturated heterocycles. The van der Waals surface area contributed by atoms with Gasteiger partial charge in [-0.25, -0.2) is 4.98 Å². The summed E-state index contributed by atoms with van der Waals surface area (Å²) in [6.07, 6.45) is 1.74. The summed E-state index contributed by atoms with van der Waals surface area (Å²) in [7, 11) is 3.25. The topological polar surface area (TPSA) is 59.5 Å². The highest BCUT2D eigenvalue weighted by Crippen LogP contribution is 2.31. The van der Waals surface area contributed by atoms with Crippen molar-refractivity contribution in [2.45, 2.75) is 6.92 Å². The van der Waals surface area contributed by atoms with Crippen LogP contribution in [0.25, 0.3) is 0 Å². The molecule has 0 bridgehead atoms. The highest BCUT2D eigenvalue weighted by Gasteiger charge is 2.11. The zero-order chi connectivity index (χ0) is 18.4. The molecule has 0 unspecified atom stereocenters. The maximum atomic E-state index is 5.40. The zero-order valence-electron chi connectivity index (χ0n) is 15.1. The van der Waals surface area contributed by atoms with E-state index in [0.717, 1.165) is 29.5 Å². The molecule has 6 heteroatoms. The van der Waals surface area contributed by atoms with Gasteiger partial charge in [-0.05, 0) is 37.3 Å². The molecule has 0 radical (unpaired) electrons. The van der Waals surface area contributed by atoms with Crippen molar-refractivity contribution in [1.82, 2.24) is 9.97 Å². The summed E-state index contributed by atoms with van der Waals surface area (Å²) in [4.78, 5) is 11.1. The first-order chi connectivity index (χ1) is 12.7. The maximum Gasteiger partial charge on any atom is 0.229 e. The highest BCUT2D eigenvalue weighted by atomic mass is 16.5. The third-order valence-electron chi connectivity index (χ3n) is 3.95. The summed E-state index contributed by atoms with van der Waals surface area (Å²) in [6, 6.07) is 17.6. The minimum Gasteiger partial charge on any atom is -0.497 e. The largest absolute Gasteiger partial charge is 0.497 e. The van der Waals surface area contributed by atoms with E-state index >= 15 is 0 Å². The monoisotopic (exact) mass is 350 g/mol. The summed E-state index contributed by atoms with van der Waals surface area (Å²) < 4.78 is 10.7. The number of aromatic nitrogens is 2. The Morgan fingerprint density at radius 3 is 2.50 bits per heavy atom. The number of methoxy groups -OCH3 is 2. The Morgan fingerprint density at radius 1 is 1.00 bits per heavy atom. The molecule has 1 heterocycles. The quantitative estimate of drug-likeness (QED) is 0.682. The van der Waals surface area contributed by atoms with Gasteiger partial charge in [-0.15, -0.1) is 0 Å². The Kier molecular flexibility index (Phi) is 5.53. The lowest BCUT2D eigenvalue weighted by atomic mass is 10.2. The van der Waals surface area contributed by atoms with Crippen molar-refractivity contribution in [3.8, 4) is 11.5 Å². The molecule has 3 rings (SSSR count). The Bertz CT molecular complexity index is 855. The lowest BCUT2D eigenvalue weighted by molar-refractivity contribution is 0.405. The average molecular weight is 350 g/mol. The van der Waals surface area contributed by atoms with E-state index in [1.54, 1.807) is 20.4 Å². The van der Waals surface area contributed by atoms with E-state index in [4.69, 9.17) is 9.47 Å². The molecule has 0 fully saturated rings. The van der Waals surface area contributed by atoms with Crippen LogP contribution in [0.3, 0.4) is 0 Å². The molecule has 26 heavy (non-hydrogen) atoms. The van der Waals surface area contributed by atoms with Crippen LogP contribution in [0.2, 0.25) is 0 Å². The normalized spacial score (nSPS) is 10.3. The molecular formula is C20H22N4O2. The van der Waals surface area contributed by atoms with Crippen molar-refractivity contribution >= 4 is 23.1 Å². The SMILES string of the molecule is CCN(c1ccccc1)c1ccnc(Nc2cc(OC)ccc2OC)n1. The number of nitrogens with zero attached hydrogens (tertiary/aromatic N) is 3. The van der Waals surface area contributed by atoms with Crippen LogP contribution in [0.1, 0.15) is 6.92 Å². The van der Waals surface area contributed by atoms with Crippen molar-refractivity contribution in [1.29, 1.82) is 0 Å². The standard InChI is InChI=1S/C20H22N4O2/c1-4-24(15-8-6-5-7-9-15)19-12-13-21-20(23-19)22-17-14-16(25-2)10-11-18(17)26-3/h5-14H,4H2,1-3H3,(H,21,22,23). The van der Waals surface area contributed by atoms with Gasteiger partial charge in [-0.2, -0.15) is 4.98 Å². The number of nitrogens with one attached hydrogen (secondary N) is 1. The Morgan fingerprint density at radius 2 is 1.81 bits per heavy atom. The lowest BCUT2D eigenvalue weighted by Crippen LogP contribution is -2.17. The molecule has 2 aromatic carbocycles. The zero-order valence-corrected chi connectivity index (χ0v) is 15.1. The van der Waals surface area contributed by atoms with E-state index in [1.165, 1.54) is 0 Å². The molecular weight excluding hydrogens is 328 g/mol. The first kappa shape index (κ1) is 17.5. The van der Waals surface area contributed by atoms with Crippen LogP contribution in [0, 0.1) is 0 Å². The van der Waals surface area contributed by atoms with Crippen LogP contribution in [-0.4, -0.2) is 30.7 Å². The second-order valence-corrected chi connectivity index (χ2v) is 5.51. The number of para-hydroxylation sites is 1. The predicted molar refractivity (Wildman–Crippen MR) is 104 cm³/mol. The van der Waals surface area contributed by atoms with Crippen molar-refractivity contribution in [3.63, 3.8) is 0 Å². The average Bonchev–Trinajstić information content (AvgIpc) is 2.69. The van der Waals surface area contributed by atoms with E-state index in [-0.39, 0.29) is 0 Å². The van der Waals surface area contributed by atoms with E-state index in [2.05, 4.69) is 39.2 Å². The fourth-order valence-electron chi connectivity index (χ4n) is 2.68. The van der Waals surface area contributed by atoms with Gasteiger partial charge in [0.05, 0.1) is 19.9 Å². The summed E-state index contributed by atoms with van der Waals surface area (Å²) >= 11 is 0. The summed E-state index contributed by atoms with van der Waals surface area (Å²) in [5, 5.41) is 3.22. The van der Waals surface area contributed by atoms with Gasteiger partial charge in [-0.1, -0.05) is 18.2 Å². The molecule has 0 atom stereocenters. The molecule has 0 aliphatic rings. The number of rotatable bonds is 7. The van der Waals surface area contributed by atoms with Gasteiger partial charge in [-0.3, -0.25) is 0 Å². The summed E-state index contributed by atoms with van der Waals surface area (Å²) in [6.45, 7) is 2.89. The third-order valence-corrected chi connectivity index (χ3v) is 3.95. The molecule has 0 spiro atoms. The van der Waals surface area contributed by atoms with Crippen LogP contribution in [-0.2, 0) is 0 Å². The van der Waals surface area contributed by atoms with Crippen LogP contribution in [0.4, 0.5) is 23.1 Å². The van der Waals surface area contributed by atoms with Crippen LogP contribution >= 0.6 is 0 Å². The van der Waals surface area contributed by atoms with Crippen molar-refractivity contribution in [2.24, 2.45) is 0 Å². The molecule has 134 valence electrons. The Labute approximate surface area is 153 Å². The lowest BCUT2D eigenvalue weighted by Gasteiger charge is -2.22. The first-order valence-electron chi connectivity index (χ1n) is 8.40. The van der Waals surface area contributed by atoms with Crippen molar-refractivity contribution in [3.05, 3.63) is 60.8 Å². The van der Waals surface area contributed by atoms with Gasteiger partial charge in [0, 0.05) is 24.5 Å². The number of ether oxygens (including phenoxy) is 2. The molecule has 3 aromatic rings. The van der Waals surface area contributed by atoms with Crippen molar-refractivity contribution < 1.29 is 9.47 Å². The predicted octanol–water partition coefficient (Wildman–Crippen LogP) is 4.40. The van der Waals surface area contributed by atoms with Crippen molar-refractivity contribution in [2.75, 3.05) is 31.0 Å². The van der Waals surface area contributed by atoms with Gasteiger partial charge in [0.2, 0.25) is 5.95 Å². The second-order valence-electron chi connectivity index (χ2n) is 5.51. The minimum absolute atomic E-state index is 0.489. The number of hydrogen-bond donors (Lipinski definition) is 1. The fourth-order valence-corrected chi connectivity index (χ4v) is 2.68. The van der Waals surface area contributed by atoms with E-state index in [0.29, 0.717) is 11.7 Å². The van der Waals surface area contributed by atoms with Gasteiger partial charge in [0.1, 0.15) is 17.3 Å². The fraction of sp³-hybridized carbons (Fsp3) is 0.200. The van der Waals surface area contributed by atoms with Gasteiger partial charge in [0.25, 0.3) is 0 Å². The number of anilines is 4. The molecule has 1 aromatic heterocycles. The summed E-state index contributed by atoms with van der Waals surface area (Å²) in [5.74, 6) is 2.72. The number of hydrogen-bond acceptors (Lipinski definition) is 6. The minimum atomic E-state index is 0.489. The Balaban J connectivity index is 1.90. The molecule has 0 amide bonds. The van der Waals surface area contributed by atoms with E-state index in [1.807, 2.05) is 42.5 Å². The van der Waals surface area contributed by atoms with Gasteiger partial charge < -0.3 is 19.7 Å².